The van der Waals surface area contributed by atoms with E-state index in [0.717, 1.165) is 89.9 Å². The lowest BCUT2D eigenvalue weighted by molar-refractivity contribution is -0.161. The zero-order valence-corrected chi connectivity index (χ0v) is 46.6. The number of phosphoric ester groups is 1. The summed E-state index contributed by atoms with van der Waals surface area (Å²) >= 11 is 0. The third-order valence-corrected chi connectivity index (χ3v) is 13.3. The van der Waals surface area contributed by atoms with E-state index in [0.29, 0.717) is 6.42 Å². The molecule has 2 unspecified atom stereocenters. The van der Waals surface area contributed by atoms with Crippen LogP contribution in [0.2, 0.25) is 0 Å². The van der Waals surface area contributed by atoms with Crippen molar-refractivity contribution < 1.29 is 37.6 Å². The van der Waals surface area contributed by atoms with E-state index in [-0.39, 0.29) is 38.6 Å². The van der Waals surface area contributed by atoms with Crippen LogP contribution in [0.25, 0.3) is 0 Å². The van der Waals surface area contributed by atoms with Gasteiger partial charge in [0.05, 0.1) is 13.2 Å². The number of hydrogen-bond acceptors (Lipinski definition) is 8. The predicted molar refractivity (Wildman–Crippen MR) is 302 cm³/mol. The van der Waals surface area contributed by atoms with Gasteiger partial charge in [0.25, 0.3) is 0 Å². The van der Waals surface area contributed by atoms with Crippen LogP contribution >= 0.6 is 7.82 Å². The number of esters is 2. The van der Waals surface area contributed by atoms with Crippen LogP contribution in [0.1, 0.15) is 258 Å². The third kappa shape index (κ3) is 56.3. The molecular formula is C61H108NO8P. The summed E-state index contributed by atoms with van der Waals surface area (Å²) in [5.74, 6) is -0.835. The summed E-state index contributed by atoms with van der Waals surface area (Å²) in [6.07, 6.45) is 73.5. The van der Waals surface area contributed by atoms with Gasteiger partial charge in [-0.15, -0.1) is 0 Å². The van der Waals surface area contributed by atoms with Crippen LogP contribution in [0.3, 0.4) is 0 Å². The molecule has 0 saturated heterocycles. The van der Waals surface area contributed by atoms with Gasteiger partial charge in [-0.1, -0.05) is 259 Å². The number of nitrogens with two attached hydrogens (primary N) is 1. The number of phosphoric acid groups is 1. The van der Waals surface area contributed by atoms with E-state index < -0.39 is 26.5 Å². The summed E-state index contributed by atoms with van der Waals surface area (Å²) in [6, 6.07) is 0. The highest BCUT2D eigenvalue weighted by molar-refractivity contribution is 7.47. The molecule has 0 saturated carbocycles. The Morgan fingerprint density at radius 2 is 0.775 bits per heavy atom. The zero-order valence-electron chi connectivity index (χ0n) is 45.7. The lowest BCUT2D eigenvalue weighted by Crippen LogP contribution is -2.29. The molecule has 0 spiro atoms. The van der Waals surface area contributed by atoms with Gasteiger partial charge in [-0.2, -0.15) is 0 Å². The molecule has 0 aliphatic heterocycles. The van der Waals surface area contributed by atoms with E-state index in [1.807, 2.05) is 0 Å². The number of unbranched alkanes of at least 4 members (excludes halogenated alkanes) is 27. The fourth-order valence-corrected chi connectivity index (χ4v) is 8.79. The number of allylic oxidation sites excluding steroid dienone is 14. The number of rotatable bonds is 54. The van der Waals surface area contributed by atoms with Crippen LogP contribution in [0.15, 0.2) is 85.1 Å². The molecule has 71 heavy (non-hydrogen) atoms. The fourth-order valence-electron chi connectivity index (χ4n) is 8.03. The summed E-state index contributed by atoms with van der Waals surface area (Å²) in [7, 11) is -4.39. The molecule has 0 aromatic heterocycles. The van der Waals surface area contributed by atoms with E-state index in [1.165, 1.54) is 135 Å². The van der Waals surface area contributed by atoms with Gasteiger partial charge in [-0.3, -0.25) is 18.6 Å². The highest BCUT2D eigenvalue weighted by atomic mass is 31.2. The molecule has 0 fully saturated rings. The molecule has 9 nitrogen and oxygen atoms in total. The molecule has 0 aromatic rings. The summed E-state index contributed by atoms with van der Waals surface area (Å²) in [5.41, 5.74) is 5.38. The summed E-state index contributed by atoms with van der Waals surface area (Å²) in [4.78, 5) is 35.2. The molecule has 0 amide bonds. The van der Waals surface area contributed by atoms with E-state index in [9.17, 15) is 19.0 Å². The highest BCUT2D eigenvalue weighted by Gasteiger charge is 2.26. The minimum absolute atomic E-state index is 0.0487. The Kier molecular flexibility index (Phi) is 54.2. The lowest BCUT2D eigenvalue weighted by Gasteiger charge is -2.19. The molecule has 0 aliphatic rings. The molecule has 0 heterocycles. The SMILES string of the molecule is CC/C=C\C/C=C\C/C=C\C/C=C\C/C=C\C/C=C\C/C=C\CCCCCCCCCC(=O)OC(COC(=O)CCCCCCCCCCCCCCCCCCCCCCC)COP(=O)(O)OCCN. The fraction of sp³-hybridized carbons (Fsp3) is 0.738. The Morgan fingerprint density at radius 3 is 1.15 bits per heavy atom. The zero-order chi connectivity index (χ0) is 51.7. The predicted octanol–water partition coefficient (Wildman–Crippen LogP) is 18.3. The van der Waals surface area contributed by atoms with E-state index in [2.05, 4.69) is 98.9 Å². The number of hydrogen-bond donors (Lipinski definition) is 2. The minimum Gasteiger partial charge on any atom is -0.462 e. The first-order valence-electron chi connectivity index (χ1n) is 29.1. The van der Waals surface area contributed by atoms with Crippen LogP contribution in [0.5, 0.6) is 0 Å². The molecule has 2 atom stereocenters. The Morgan fingerprint density at radius 1 is 0.437 bits per heavy atom. The second-order valence-corrected chi connectivity index (χ2v) is 20.6. The van der Waals surface area contributed by atoms with Gasteiger partial charge in [0, 0.05) is 19.4 Å². The van der Waals surface area contributed by atoms with E-state index in [4.69, 9.17) is 24.3 Å². The first-order chi connectivity index (χ1) is 34.8. The first kappa shape index (κ1) is 68.2. The second-order valence-electron chi connectivity index (χ2n) is 19.1. The van der Waals surface area contributed by atoms with Gasteiger partial charge in [-0.05, 0) is 70.6 Å². The van der Waals surface area contributed by atoms with Crippen LogP contribution in [-0.2, 0) is 32.7 Å². The van der Waals surface area contributed by atoms with Gasteiger partial charge in [-0.25, -0.2) is 4.57 Å². The first-order valence-corrected chi connectivity index (χ1v) is 30.6. The molecule has 0 radical (unpaired) electrons. The van der Waals surface area contributed by atoms with Gasteiger partial charge in [0.1, 0.15) is 6.61 Å². The maximum Gasteiger partial charge on any atom is 0.472 e. The van der Waals surface area contributed by atoms with Crippen molar-refractivity contribution in [3.63, 3.8) is 0 Å². The Bertz CT molecular complexity index is 1440. The van der Waals surface area contributed by atoms with Crippen LogP contribution < -0.4 is 5.73 Å². The van der Waals surface area contributed by atoms with Gasteiger partial charge < -0.3 is 20.1 Å². The third-order valence-electron chi connectivity index (χ3n) is 12.3. The van der Waals surface area contributed by atoms with Crippen molar-refractivity contribution in [2.75, 3.05) is 26.4 Å². The van der Waals surface area contributed by atoms with Crippen molar-refractivity contribution in [2.24, 2.45) is 5.73 Å². The van der Waals surface area contributed by atoms with Crippen molar-refractivity contribution >= 4 is 19.8 Å². The van der Waals surface area contributed by atoms with Crippen LogP contribution in [0.4, 0.5) is 0 Å². The smallest absolute Gasteiger partial charge is 0.462 e. The molecule has 0 aliphatic carbocycles. The summed E-state index contributed by atoms with van der Waals surface area (Å²) < 4.78 is 33.0. The van der Waals surface area contributed by atoms with Crippen molar-refractivity contribution in [1.29, 1.82) is 0 Å². The second kappa shape index (κ2) is 56.5. The van der Waals surface area contributed by atoms with Crippen molar-refractivity contribution in [1.82, 2.24) is 0 Å². The minimum atomic E-state index is -4.39. The Hall–Kier alpha value is -2.81. The standard InChI is InChI=1S/C61H108NO8P/c1-3-5-7-9-11-13-15-17-19-21-23-25-26-27-28-29-30-31-32-34-36-38-40-42-44-46-48-50-52-54-61(64)70-59(58-69-71(65,66)68-56-55-62)57-67-60(63)53-51-49-47-45-43-41-39-37-35-33-24-22-20-18-16-14-12-10-8-6-4-2/h5,7,11,13,17,19,23,25,27-28,30-31,34,36,59H,3-4,6,8-10,12,14-16,18,20-22,24,26,29,32-33,35,37-58,62H2,1-2H3,(H,65,66)/b7-5-,13-11-,19-17-,25-23-,28-27-,31-30-,36-34-. The number of carbonyl (C=O) groups excluding carboxylic acids is 2. The Balaban J connectivity index is 4.03. The molecule has 410 valence electrons. The maximum atomic E-state index is 12.7. The van der Waals surface area contributed by atoms with Gasteiger partial charge in [0.15, 0.2) is 6.10 Å². The molecular weight excluding hydrogens is 906 g/mol. The molecule has 3 N–H and O–H groups in total. The normalized spacial score (nSPS) is 13.7. The van der Waals surface area contributed by atoms with Crippen molar-refractivity contribution in [2.45, 2.75) is 264 Å². The van der Waals surface area contributed by atoms with Crippen LogP contribution in [-0.4, -0.2) is 49.3 Å². The monoisotopic (exact) mass is 1010 g/mol. The average molecular weight is 1010 g/mol. The molecule has 0 aromatic carbocycles. The number of carbonyl (C=O) groups is 2. The summed E-state index contributed by atoms with van der Waals surface area (Å²) in [6.45, 7) is 3.64. The van der Waals surface area contributed by atoms with Crippen LogP contribution in [0, 0.1) is 0 Å². The van der Waals surface area contributed by atoms with Gasteiger partial charge >= 0.3 is 19.8 Å². The van der Waals surface area contributed by atoms with E-state index in [1.54, 1.807) is 0 Å². The number of ether oxygens (including phenoxy) is 2. The van der Waals surface area contributed by atoms with Crippen molar-refractivity contribution in [3.05, 3.63) is 85.1 Å². The quantitative estimate of drug-likeness (QED) is 0.0264. The highest BCUT2D eigenvalue weighted by Crippen LogP contribution is 2.43. The van der Waals surface area contributed by atoms with Crippen molar-refractivity contribution in [3.8, 4) is 0 Å². The molecule has 0 bridgehead atoms. The lowest BCUT2D eigenvalue weighted by atomic mass is 10.0. The Labute approximate surface area is 436 Å². The average Bonchev–Trinajstić information content (AvgIpc) is 3.36. The molecule has 0 rings (SSSR count). The maximum absolute atomic E-state index is 12.7. The van der Waals surface area contributed by atoms with Gasteiger partial charge in [0.2, 0.25) is 0 Å². The molecule has 10 heteroatoms. The van der Waals surface area contributed by atoms with E-state index >= 15 is 0 Å². The summed E-state index contributed by atoms with van der Waals surface area (Å²) in [5, 5.41) is 0. The topological polar surface area (TPSA) is 134 Å². The largest absolute Gasteiger partial charge is 0.472 e.